The third kappa shape index (κ3) is 11.3. The Balaban J connectivity index is 0.000000204. The first-order valence-corrected chi connectivity index (χ1v) is 22.5. The molecule has 6 N–H and O–H groups in total. The quantitative estimate of drug-likeness (QED) is 0.0576. The molecule has 0 saturated heterocycles. The van der Waals surface area contributed by atoms with Crippen LogP contribution in [0.1, 0.15) is 56.5 Å². The standard InChI is InChI=1S/C27H28N4O4.C27H26N4O3/c1-16(2)12-14-35-21-9-5-4-8-19(21)30-26-23-17(11-13-29-27(23)33)15-20(31-26)24-18(25(28)32)7-6-10-22(24)34-3;1-17(2)12-14-34-22-9-5-4-8-20(22)30-26-25-18(11-13-29-27(25)32)15-21(31-26)24-19(16-28)7-6-10-23(24)33-3/h4-11,13,15-16H,12,14H2,1-3H3,(H2,28,32)(H,29,33)(H,30,31);4-11,13,15,17H,12,14H2,1-3H3,(H,29,32)(H,30,31). The number of benzene rings is 4. The fourth-order valence-electron chi connectivity index (χ4n) is 7.55. The number of para-hydroxylation sites is 4. The Bertz CT molecular complexity index is 3290. The highest BCUT2D eigenvalue weighted by Crippen LogP contribution is 2.38. The van der Waals surface area contributed by atoms with Gasteiger partial charge < -0.3 is 45.3 Å². The molecule has 8 rings (SSSR count). The molecular weight excluding hydrogens is 873 g/mol. The van der Waals surface area contributed by atoms with E-state index in [2.05, 4.69) is 54.4 Å². The number of hydrogen-bond acceptors (Lipinski definition) is 12. The molecule has 15 heteroatoms. The van der Waals surface area contributed by atoms with Crippen molar-refractivity contribution in [1.82, 2.24) is 19.9 Å². The molecule has 0 aliphatic heterocycles. The van der Waals surface area contributed by atoms with Crippen LogP contribution in [-0.2, 0) is 0 Å². The number of aromatic nitrogens is 4. The van der Waals surface area contributed by atoms with Crippen molar-refractivity contribution in [1.29, 1.82) is 5.26 Å². The smallest absolute Gasteiger partial charge is 0.259 e. The molecule has 0 bridgehead atoms. The van der Waals surface area contributed by atoms with Crippen molar-refractivity contribution < 1.29 is 23.7 Å². The van der Waals surface area contributed by atoms with Crippen LogP contribution in [0, 0.1) is 23.2 Å². The molecule has 0 fully saturated rings. The second-order valence-electron chi connectivity index (χ2n) is 16.8. The number of pyridine rings is 4. The number of fused-ring (bicyclic) bond motifs is 2. The largest absolute Gasteiger partial charge is 0.496 e. The summed E-state index contributed by atoms with van der Waals surface area (Å²) < 4.78 is 23.0. The summed E-state index contributed by atoms with van der Waals surface area (Å²) in [7, 11) is 3.06. The van der Waals surface area contributed by atoms with Gasteiger partial charge in [-0.15, -0.1) is 0 Å². The topological polar surface area (TPSA) is 219 Å². The predicted octanol–water partition coefficient (Wildman–Crippen LogP) is 10.5. The van der Waals surface area contributed by atoms with Crippen LogP contribution < -0.4 is 46.4 Å². The van der Waals surface area contributed by atoms with Crippen LogP contribution in [0.5, 0.6) is 23.0 Å². The number of nitriles is 1. The van der Waals surface area contributed by atoms with E-state index in [0.29, 0.717) is 121 Å². The molecule has 0 aliphatic carbocycles. The van der Waals surface area contributed by atoms with Crippen LogP contribution in [0.25, 0.3) is 44.1 Å². The Morgan fingerprint density at radius 1 is 0.638 bits per heavy atom. The number of ether oxygens (including phenoxy) is 4. The zero-order chi connectivity index (χ0) is 49.0. The average molecular weight is 927 g/mol. The number of H-pyrrole nitrogens is 2. The van der Waals surface area contributed by atoms with Crippen molar-refractivity contribution in [3.8, 4) is 51.6 Å². The number of anilines is 4. The van der Waals surface area contributed by atoms with E-state index in [1.165, 1.54) is 7.11 Å². The summed E-state index contributed by atoms with van der Waals surface area (Å²) >= 11 is 0. The highest BCUT2D eigenvalue weighted by molar-refractivity contribution is 6.03. The van der Waals surface area contributed by atoms with Gasteiger partial charge in [-0.3, -0.25) is 14.4 Å². The third-order valence-electron chi connectivity index (χ3n) is 11.1. The molecule has 0 spiro atoms. The molecule has 4 heterocycles. The van der Waals surface area contributed by atoms with E-state index in [1.54, 1.807) is 80.2 Å². The van der Waals surface area contributed by atoms with Gasteiger partial charge in [0.05, 0.1) is 89.3 Å². The monoisotopic (exact) mass is 926 g/mol. The minimum atomic E-state index is -0.606. The van der Waals surface area contributed by atoms with Gasteiger partial charge in [0.25, 0.3) is 11.1 Å². The van der Waals surface area contributed by atoms with Gasteiger partial charge in [-0.1, -0.05) is 64.1 Å². The molecular formula is C54H54N8O7. The average Bonchev–Trinajstić information content (AvgIpc) is 3.34. The second kappa shape index (κ2) is 22.2. The molecule has 15 nitrogen and oxygen atoms in total. The SMILES string of the molecule is COc1cccc(C#N)c1-c1cc2cc[nH]c(=O)c2c(Nc2ccccc2OCCC(C)C)n1.COc1cccc(C(N)=O)c1-c1cc2cc[nH]c(=O)c2c(Nc2ccccc2OCCC(C)C)n1. The summed E-state index contributed by atoms with van der Waals surface area (Å²) in [5.41, 5.74) is 9.14. The third-order valence-corrected chi connectivity index (χ3v) is 11.1. The zero-order valence-corrected chi connectivity index (χ0v) is 39.3. The van der Waals surface area contributed by atoms with Gasteiger partial charge in [-0.2, -0.15) is 5.26 Å². The number of rotatable bonds is 17. The van der Waals surface area contributed by atoms with Gasteiger partial charge in [0.2, 0.25) is 5.91 Å². The van der Waals surface area contributed by atoms with Gasteiger partial charge in [0.1, 0.15) is 34.6 Å². The minimum absolute atomic E-state index is 0.266. The summed E-state index contributed by atoms with van der Waals surface area (Å²) in [6.07, 6.45) is 5.00. The number of aromatic amines is 2. The maximum Gasteiger partial charge on any atom is 0.259 e. The Kier molecular flexibility index (Phi) is 15.6. The summed E-state index contributed by atoms with van der Waals surface area (Å²) in [5.74, 6) is 3.41. The number of hydrogen-bond donors (Lipinski definition) is 5. The number of nitrogens with zero attached hydrogens (tertiary/aromatic N) is 3. The van der Waals surface area contributed by atoms with Crippen molar-refractivity contribution in [3.05, 3.63) is 153 Å². The van der Waals surface area contributed by atoms with E-state index in [0.717, 1.165) is 12.8 Å². The predicted molar refractivity (Wildman–Crippen MR) is 271 cm³/mol. The van der Waals surface area contributed by atoms with Crippen molar-refractivity contribution in [2.75, 3.05) is 38.1 Å². The molecule has 8 aromatic rings. The molecule has 1 amide bonds. The van der Waals surface area contributed by atoms with E-state index < -0.39 is 5.91 Å². The molecule has 4 aromatic heterocycles. The van der Waals surface area contributed by atoms with Crippen molar-refractivity contribution >= 4 is 50.5 Å². The van der Waals surface area contributed by atoms with Gasteiger partial charge in [-0.25, -0.2) is 9.97 Å². The number of nitrogens with two attached hydrogens (primary N) is 1. The highest BCUT2D eigenvalue weighted by atomic mass is 16.5. The van der Waals surface area contributed by atoms with E-state index in [9.17, 15) is 19.6 Å². The van der Waals surface area contributed by atoms with Crippen LogP contribution in [0.15, 0.2) is 131 Å². The van der Waals surface area contributed by atoms with E-state index in [-0.39, 0.29) is 16.7 Å². The van der Waals surface area contributed by atoms with Crippen LogP contribution in [0.2, 0.25) is 0 Å². The maximum absolute atomic E-state index is 12.8. The van der Waals surface area contributed by atoms with Gasteiger partial charge in [0.15, 0.2) is 0 Å². The first-order chi connectivity index (χ1) is 33.4. The number of amides is 1. The lowest BCUT2D eigenvalue weighted by molar-refractivity contribution is 0.100. The maximum atomic E-state index is 12.8. The lowest BCUT2D eigenvalue weighted by Crippen LogP contribution is -2.14. The molecule has 0 aliphatic rings. The summed E-state index contributed by atoms with van der Waals surface area (Å²) in [4.78, 5) is 52.7. The van der Waals surface area contributed by atoms with Crippen LogP contribution in [0.4, 0.5) is 23.0 Å². The van der Waals surface area contributed by atoms with E-state index >= 15 is 0 Å². The van der Waals surface area contributed by atoms with E-state index in [1.807, 2.05) is 48.5 Å². The molecule has 4 aromatic carbocycles. The molecule has 0 atom stereocenters. The molecule has 0 radical (unpaired) electrons. The number of carbonyl (C=O) groups is 1. The second-order valence-corrected chi connectivity index (χ2v) is 16.8. The Morgan fingerprint density at radius 2 is 1.09 bits per heavy atom. The van der Waals surface area contributed by atoms with Gasteiger partial charge >= 0.3 is 0 Å². The fourth-order valence-corrected chi connectivity index (χ4v) is 7.55. The Labute approximate surface area is 399 Å². The molecule has 0 saturated carbocycles. The number of carbonyl (C=O) groups excluding carboxylic acids is 1. The lowest BCUT2D eigenvalue weighted by Gasteiger charge is -2.17. The zero-order valence-electron chi connectivity index (χ0n) is 39.3. The van der Waals surface area contributed by atoms with E-state index in [4.69, 9.17) is 34.6 Å². The van der Waals surface area contributed by atoms with Crippen molar-refractivity contribution in [3.63, 3.8) is 0 Å². The lowest BCUT2D eigenvalue weighted by atomic mass is 10.0. The summed E-state index contributed by atoms with van der Waals surface area (Å²) in [6.45, 7) is 9.72. The normalized spacial score (nSPS) is 10.9. The molecule has 69 heavy (non-hydrogen) atoms. The summed E-state index contributed by atoms with van der Waals surface area (Å²) in [5, 5.41) is 18.4. The van der Waals surface area contributed by atoms with Crippen molar-refractivity contribution in [2.24, 2.45) is 17.6 Å². The Hall–Kier alpha value is -8.64. The summed E-state index contributed by atoms with van der Waals surface area (Å²) in [6, 6.07) is 34.7. The van der Waals surface area contributed by atoms with Crippen LogP contribution >= 0.6 is 0 Å². The minimum Gasteiger partial charge on any atom is -0.496 e. The highest BCUT2D eigenvalue weighted by Gasteiger charge is 2.21. The molecule has 352 valence electrons. The van der Waals surface area contributed by atoms with Crippen molar-refractivity contribution in [2.45, 2.75) is 40.5 Å². The van der Waals surface area contributed by atoms with Crippen LogP contribution in [-0.4, -0.2) is 53.3 Å². The fraction of sp³-hybridized carbons (Fsp3) is 0.222. The first kappa shape index (κ1) is 48.3. The Morgan fingerprint density at radius 3 is 1.55 bits per heavy atom. The number of primary amides is 1. The van der Waals surface area contributed by atoms with Crippen LogP contribution in [0.3, 0.4) is 0 Å². The van der Waals surface area contributed by atoms with Gasteiger partial charge in [0, 0.05) is 12.4 Å². The van der Waals surface area contributed by atoms with Gasteiger partial charge in [-0.05, 0) is 108 Å². The first-order valence-electron chi connectivity index (χ1n) is 22.5. The number of nitrogens with one attached hydrogen (secondary N) is 4. The molecule has 0 unspecified atom stereocenters. The number of methoxy groups -OCH3 is 2.